The summed E-state index contributed by atoms with van der Waals surface area (Å²) in [6.07, 6.45) is 0.800. The molecular formula is C25H25N3O6. The molecule has 0 unspecified atom stereocenters. The topological polar surface area (TPSA) is 88.6 Å². The molecule has 0 aromatic heterocycles. The Labute approximate surface area is 196 Å². The van der Waals surface area contributed by atoms with Crippen LogP contribution >= 0.6 is 0 Å². The Morgan fingerprint density at radius 1 is 1.03 bits per heavy atom. The first-order valence-electron chi connectivity index (χ1n) is 11.2. The summed E-state index contributed by atoms with van der Waals surface area (Å²) in [5.74, 6) is 0.600. The molecule has 0 saturated carbocycles. The molecule has 2 aromatic rings. The molecule has 4 amide bonds. The van der Waals surface area contributed by atoms with E-state index < -0.39 is 28.8 Å². The molecule has 1 spiro atoms. The minimum absolute atomic E-state index is 0.0703. The van der Waals surface area contributed by atoms with Gasteiger partial charge in [0.05, 0.1) is 12.6 Å². The number of hydrogen-bond acceptors (Lipinski definition) is 7. The summed E-state index contributed by atoms with van der Waals surface area (Å²) in [6, 6.07) is 9.08. The highest BCUT2D eigenvalue weighted by molar-refractivity contribution is 6.20. The lowest BCUT2D eigenvalue weighted by Gasteiger charge is -2.61. The number of nitrogens with zero attached hydrogens (tertiary/aromatic N) is 3. The highest BCUT2D eigenvalue weighted by atomic mass is 16.7. The van der Waals surface area contributed by atoms with Crippen molar-refractivity contribution < 1.29 is 28.6 Å². The van der Waals surface area contributed by atoms with E-state index in [-0.39, 0.29) is 13.2 Å². The fourth-order valence-corrected chi connectivity index (χ4v) is 6.38. The molecule has 1 atom stereocenters. The SMILES string of the molecule is COc1c2c(cc3c1OCO3)[C@]1(C)N(CC2)c2ccccc2CC12C(=O)N(C)C(=O)N(C)C2=O. The summed E-state index contributed by atoms with van der Waals surface area (Å²) >= 11 is 0. The lowest BCUT2D eigenvalue weighted by molar-refractivity contribution is -0.163. The molecule has 9 heteroatoms. The van der Waals surface area contributed by atoms with Gasteiger partial charge in [0.25, 0.3) is 0 Å². The van der Waals surface area contributed by atoms with Gasteiger partial charge in [-0.3, -0.25) is 19.4 Å². The number of rotatable bonds is 1. The quantitative estimate of drug-likeness (QED) is 0.600. The second-order valence-corrected chi connectivity index (χ2v) is 9.37. The predicted octanol–water partition coefficient (Wildman–Crippen LogP) is 2.29. The van der Waals surface area contributed by atoms with E-state index in [1.807, 2.05) is 37.3 Å². The molecule has 4 heterocycles. The Kier molecular flexibility index (Phi) is 4.07. The molecule has 0 N–H and O–H groups in total. The van der Waals surface area contributed by atoms with Crippen LogP contribution in [-0.2, 0) is 28.0 Å². The van der Waals surface area contributed by atoms with Crippen LogP contribution in [0.1, 0.15) is 23.6 Å². The average Bonchev–Trinajstić information content (AvgIpc) is 3.32. The first-order chi connectivity index (χ1) is 16.3. The van der Waals surface area contributed by atoms with E-state index in [0.29, 0.717) is 30.2 Å². The van der Waals surface area contributed by atoms with Gasteiger partial charge in [0.1, 0.15) is 0 Å². The maximum atomic E-state index is 14.1. The fourth-order valence-electron chi connectivity index (χ4n) is 6.38. The third-order valence-electron chi connectivity index (χ3n) is 8.06. The summed E-state index contributed by atoms with van der Waals surface area (Å²) in [6.45, 7) is 2.55. The molecule has 4 aliphatic heterocycles. The van der Waals surface area contributed by atoms with Crippen LogP contribution in [0.5, 0.6) is 17.2 Å². The summed E-state index contributed by atoms with van der Waals surface area (Å²) < 4.78 is 17.2. The minimum Gasteiger partial charge on any atom is -0.492 e. The molecule has 1 fully saturated rings. The monoisotopic (exact) mass is 463 g/mol. The van der Waals surface area contributed by atoms with Gasteiger partial charge in [-0.05, 0) is 36.6 Å². The molecule has 1 saturated heterocycles. The minimum atomic E-state index is -1.56. The van der Waals surface area contributed by atoms with E-state index in [9.17, 15) is 14.4 Å². The van der Waals surface area contributed by atoms with Crippen molar-refractivity contribution in [2.45, 2.75) is 25.3 Å². The van der Waals surface area contributed by atoms with Gasteiger partial charge in [-0.1, -0.05) is 18.2 Å². The van der Waals surface area contributed by atoms with Gasteiger partial charge in [0.2, 0.25) is 24.4 Å². The lowest BCUT2D eigenvalue weighted by Crippen LogP contribution is -2.75. The van der Waals surface area contributed by atoms with Crippen molar-refractivity contribution in [2.75, 3.05) is 39.4 Å². The number of methoxy groups -OCH3 is 1. The number of urea groups is 1. The third kappa shape index (κ3) is 2.17. The second-order valence-electron chi connectivity index (χ2n) is 9.37. The van der Waals surface area contributed by atoms with Gasteiger partial charge < -0.3 is 19.1 Å². The summed E-state index contributed by atoms with van der Waals surface area (Å²) in [7, 11) is 4.45. The van der Waals surface area contributed by atoms with Crippen LogP contribution in [0.2, 0.25) is 0 Å². The van der Waals surface area contributed by atoms with Gasteiger partial charge in [0, 0.05) is 38.3 Å². The zero-order chi connectivity index (χ0) is 24.0. The fraction of sp³-hybridized carbons (Fsp3) is 0.400. The number of fused-ring (bicyclic) bond motifs is 7. The van der Waals surface area contributed by atoms with Crippen molar-refractivity contribution in [3.8, 4) is 17.2 Å². The molecule has 176 valence electrons. The number of imide groups is 2. The number of carbonyl (C=O) groups is 3. The van der Waals surface area contributed by atoms with E-state index in [0.717, 1.165) is 32.2 Å². The number of hydrogen-bond donors (Lipinski definition) is 0. The highest BCUT2D eigenvalue weighted by Crippen LogP contribution is 2.61. The number of amides is 4. The molecule has 0 bridgehead atoms. The lowest BCUT2D eigenvalue weighted by atomic mass is 9.56. The third-order valence-corrected chi connectivity index (χ3v) is 8.06. The molecule has 34 heavy (non-hydrogen) atoms. The molecule has 4 aliphatic rings. The molecule has 9 nitrogen and oxygen atoms in total. The number of barbiturate groups is 1. The van der Waals surface area contributed by atoms with Crippen LogP contribution in [0.3, 0.4) is 0 Å². The molecule has 6 rings (SSSR count). The Bertz CT molecular complexity index is 1270. The Morgan fingerprint density at radius 2 is 1.74 bits per heavy atom. The number of ether oxygens (including phenoxy) is 3. The maximum Gasteiger partial charge on any atom is 0.332 e. The van der Waals surface area contributed by atoms with Gasteiger partial charge in [-0.2, -0.15) is 0 Å². The van der Waals surface area contributed by atoms with E-state index in [1.54, 1.807) is 7.11 Å². The van der Waals surface area contributed by atoms with Crippen LogP contribution < -0.4 is 19.1 Å². The van der Waals surface area contributed by atoms with E-state index in [2.05, 4.69) is 4.90 Å². The van der Waals surface area contributed by atoms with Crippen molar-refractivity contribution in [1.29, 1.82) is 0 Å². The highest BCUT2D eigenvalue weighted by Gasteiger charge is 2.70. The number of para-hydroxylation sites is 1. The van der Waals surface area contributed by atoms with Crippen molar-refractivity contribution in [3.63, 3.8) is 0 Å². The second kappa shape index (κ2) is 6.65. The standard InChI is InChI=1S/C25H25N3O6/c1-24-16-11-18-20(34-13-33-18)19(32-4)15(16)9-10-28(24)17-8-6-5-7-14(17)12-25(24)21(29)26(2)23(31)27(3)22(25)30/h5-8,11H,9-10,12-13H2,1-4H3/t24-/m0/s1. The van der Waals surface area contributed by atoms with Crippen LogP contribution in [-0.4, -0.2) is 62.2 Å². The predicted molar refractivity (Wildman–Crippen MR) is 121 cm³/mol. The van der Waals surface area contributed by atoms with E-state index >= 15 is 0 Å². The van der Waals surface area contributed by atoms with E-state index in [1.165, 1.54) is 14.1 Å². The zero-order valence-electron chi connectivity index (χ0n) is 19.5. The largest absolute Gasteiger partial charge is 0.492 e. The van der Waals surface area contributed by atoms with Crippen molar-refractivity contribution >= 4 is 23.5 Å². The smallest absolute Gasteiger partial charge is 0.332 e. The summed E-state index contributed by atoms with van der Waals surface area (Å²) in [4.78, 5) is 45.2. The van der Waals surface area contributed by atoms with Gasteiger partial charge in [-0.15, -0.1) is 0 Å². The van der Waals surface area contributed by atoms with Crippen LogP contribution in [0.4, 0.5) is 10.5 Å². The number of benzene rings is 2. The van der Waals surface area contributed by atoms with Gasteiger partial charge >= 0.3 is 6.03 Å². The summed E-state index contributed by atoms with van der Waals surface area (Å²) in [5.41, 5.74) is 0.849. The first kappa shape index (κ1) is 20.8. The zero-order valence-corrected chi connectivity index (χ0v) is 19.5. The van der Waals surface area contributed by atoms with Crippen molar-refractivity contribution in [1.82, 2.24) is 9.80 Å². The van der Waals surface area contributed by atoms with Crippen LogP contribution in [0.25, 0.3) is 0 Å². The van der Waals surface area contributed by atoms with Crippen molar-refractivity contribution in [3.05, 3.63) is 47.0 Å². The molecule has 0 radical (unpaired) electrons. The molecule has 0 aliphatic carbocycles. The van der Waals surface area contributed by atoms with Crippen LogP contribution in [0, 0.1) is 5.41 Å². The van der Waals surface area contributed by atoms with Gasteiger partial charge in [-0.25, -0.2) is 4.79 Å². The number of carbonyl (C=O) groups excluding carboxylic acids is 3. The maximum absolute atomic E-state index is 14.1. The normalized spacial score (nSPS) is 24.2. The number of anilines is 1. The molecular weight excluding hydrogens is 438 g/mol. The Hall–Kier alpha value is -3.75. The first-order valence-corrected chi connectivity index (χ1v) is 11.2. The van der Waals surface area contributed by atoms with Crippen molar-refractivity contribution in [2.24, 2.45) is 5.41 Å². The van der Waals surface area contributed by atoms with Crippen LogP contribution in [0.15, 0.2) is 30.3 Å². The average molecular weight is 463 g/mol. The van der Waals surface area contributed by atoms with E-state index in [4.69, 9.17) is 14.2 Å². The Balaban J connectivity index is 1.71. The molecule has 2 aromatic carbocycles. The van der Waals surface area contributed by atoms with Gasteiger partial charge in [0.15, 0.2) is 16.9 Å². The summed E-state index contributed by atoms with van der Waals surface area (Å²) in [5, 5.41) is 0. The Morgan fingerprint density at radius 3 is 2.44 bits per heavy atom.